The second-order valence-electron chi connectivity index (χ2n) is 5.28. The van der Waals surface area contributed by atoms with Crippen molar-refractivity contribution in [2.24, 2.45) is 5.73 Å². The van der Waals surface area contributed by atoms with Crippen LogP contribution in [-0.4, -0.2) is 24.0 Å². The number of halogens is 2. The average Bonchev–Trinajstić information content (AvgIpc) is 2.56. The zero-order valence-electron chi connectivity index (χ0n) is 11.4. The molecule has 0 spiro atoms. The van der Waals surface area contributed by atoms with Gasteiger partial charge in [0.05, 0.1) is 16.1 Å². The van der Waals surface area contributed by atoms with E-state index in [4.69, 9.17) is 28.9 Å². The van der Waals surface area contributed by atoms with Crippen molar-refractivity contribution in [1.29, 1.82) is 0 Å². The van der Waals surface area contributed by atoms with Crippen LogP contribution in [0, 0.1) is 0 Å². The van der Waals surface area contributed by atoms with E-state index in [9.17, 15) is 0 Å². The summed E-state index contributed by atoms with van der Waals surface area (Å²) in [6.07, 6.45) is 4.58. The zero-order chi connectivity index (χ0) is 13.8. The Kier molecular flexibility index (Phi) is 5.52. The molecule has 2 nitrogen and oxygen atoms in total. The highest BCUT2D eigenvalue weighted by atomic mass is 35.5. The van der Waals surface area contributed by atoms with Crippen LogP contribution in [-0.2, 0) is 0 Å². The van der Waals surface area contributed by atoms with Crippen molar-refractivity contribution in [3.63, 3.8) is 0 Å². The van der Waals surface area contributed by atoms with Crippen molar-refractivity contribution >= 4 is 23.2 Å². The third-order valence-corrected chi connectivity index (χ3v) is 4.68. The van der Waals surface area contributed by atoms with Crippen LogP contribution in [0.1, 0.15) is 44.2 Å². The zero-order valence-corrected chi connectivity index (χ0v) is 12.9. The predicted octanol–water partition coefficient (Wildman–Crippen LogP) is 4.26. The average molecular weight is 301 g/mol. The number of likely N-dealkylation sites (tertiary alicyclic amines) is 1. The number of hydrogen-bond acceptors (Lipinski definition) is 2. The van der Waals surface area contributed by atoms with Gasteiger partial charge in [0.25, 0.3) is 0 Å². The lowest BCUT2D eigenvalue weighted by Gasteiger charge is -2.34. The van der Waals surface area contributed by atoms with E-state index in [1.165, 1.54) is 12.8 Å². The Hall–Kier alpha value is -0.280. The van der Waals surface area contributed by atoms with E-state index < -0.39 is 0 Å². The molecule has 2 unspecified atom stereocenters. The Morgan fingerprint density at radius 3 is 2.84 bits per heavy atom. The number of hydrogen-bond donors (Lipinski definition) is 1. The van der Waals surface area contributed by atoms with E-state index in [1.54, 1.807) is 0 Å². The summed E-state index contributed by atoms with van der Waals surface area (Å²) in [5.74, 6) is 0. The van der Waals surface area contributed by atoms with Crippen LogP contribution in [0.4, 0.5) is 0 Å². The van der Waals surface area contributed by atoms with Gasteiger partial charge in [0.15, 0.2) is 0 Å². The molecule has 2 N–H and O–H groups in total. The van der Waals surface area contributed by atoms with Crippen molar-refractivity contribution in [2.45, 2.75) is 44.7 Å². The molecule has 1 aromatic carbocycles. The molecule has 0 bridgehead atoms. The Bertz CT molecular complexity index is 423. The quantitative estimate of drug-likeness (QED) is 0.904. The monoisotopic (exact) mass is 300 g/mol. The third-order valence-electron chi connectivity index (χ3n) is 3.84. The van der Waals surface area contributed by atoms with Crippen LogP contribution in [0.25, 0.3) is 0 Å². The Morgan fingerprint density at radius 2 is 2.11 bits per heavy atom. The van der Waals surface area contributed by atoms with Crippen LogP contribution >= 0.6 is 23.2 Å². The molecule has 0 aliphatic carbocycles. The molecule has 2 rings (SSSR count). The molecule has 1 heterocycles. The lowest BCUT2D eigenvalue weighted by Crippen LogP contribution is -2.40. The van der Waals surface area contributed by atoms with E-state index >= 15 is 0 Å². The topological polar surface area (TPSA) is 29.3 Å². The number of nitrogens with zero attached hydrogens (tertiary/aromatic N) is 1. The van der Waals surface area contributed by atoms with Crippen molar-refractivity contribution in [3.05, 3.63) is 33.8 Å². The van der Waals surface area contributed by atoms with Gasteiger partial charge in [-0.1, -0.05) is 48.7 Å². The van der Waals surface area contributed by atoms with E-state index in [2.05, 4.69) is 17.9 Å². The van der Waals surface area contributed by atoms with Gasteiger partial charge in [-0.05, 0) is 44.0 Å². The Labute approximate surface area is 125 Å². The Balaban J connectivity index is 2.37. The summed E-state index contributed by atoms with van der Waals surface area (Å²) in [6, 6.07) is 6.18. The van der Waals surface area contributed by atoms with Crippen LogP contribution < -0.4 is 5.73 Å². The minimum absolute atomic E-state index is 0.130. The van der Waals surface area contributed by atoms with Crippen LogP contribution in [0.2, 0.25) is 10.0 Å². The summed E-state index contributed by atoms with van der Waals surface area (Å²) in [7, 11) is 0. The summed E-state index contributed by atoms with van der Waals surface area (Å²) >= 11 is 12.6. The molecule has 1 saturated heterocycles. The van der Waals surface area contributed by atoms with Gasteiger partial charge in [-0.3, -0.25) is 4.90 Å². The van der Waals surface area contributed by atoms with Gasteiger partial charge >= 0.3 is 0 Å². The predicted molar refractivity (Wildman–Crippen MR) is 82.9 cm³/mol. The highest BCUT2D eigenvalue weighted by molar-refractivity contribution is 6.42. The maximum atomic E-state index is 6.41. The van der Waals surface area contributed by atoms with Crippen LogP contribution in [0.3, 0.4) is 0 Å². The van der Waals surface area contributed by atoms with Gasteiger partial charge in [-0.2, -0.15) is 0 Å². The first-order valence-electron chi connectivity index (χ1n) is 7.08. The fourth-order valence-corrected chi connectivity index (χ4v) is 3.40. The van der Waals surface area contributed by atoms with Gasteiger partial charge in [0.2, 0.25) is 0 Å². The summed E-state index contributed by atoms with van der Waals surface area (Å²) in [4.78, 5) is 2.47. The lowest BCUT2D eigenvalue weighted by atomic mass is 9.96. The molecule has 19 heavy (non-hydrogen) atoms. The first-order valence-corrected chi connectivity index (χ1v) is 7.84. The molecule has 0 saturated carbocycles. The van der Waals surface area contributed by atoms with Gasteiger partial charge in [0, 0.05) is 6.04 Å². The molecule has 106 valence electrons. The summed E-state index contributed by atoms with van der Waals surface area (Å²) in [6.45, 7) is 4.35. The third kappa shape index (κ3) is 3.43. The standard InChI is InChI=1S/C15H22Cl2N2/c1-2-9-19-10-4-3-8-13(18)15(19)11-6-5-7-12(16)14(11)17/h5-7,13,15H,2-4,8-10,18H2,1H3. The molecule has 1 fully saturated rings. The molecule has 1 aromatic rings. The van der Waals surface area contributed by atoms with E-state index in [0.717, 1.165) is 31.5 Å². The molecule has 1 aliphatic heterocycles. The van der Waals surface area contributed by atoms with Crippen molar-refractivity contribution in [1.82, 2.24) is 4.90 Å². The molecule has 2 atom stereocenters. The maximum absolute atomic E-state index is 6.41. The number of benzene rings is 1. The first kappa shape index (κ1) is 15.1. The minimum atomic E-state index is 0.130. The summed E-state index contributed by atoms with van der Waals surface area (Å²) in [5.41, 5.74) is 7.49. The normalized spacial score (nSPS) is 25.3. The first-order chi connectivity index (χ1) is 9.15. The fourth-order valence-electron chi connectivity index (χ4n) is 2.98. The SMILES string of the molecule is CCCN1CCCCC(N)C1c1cccc(Cl)c1Cl. The lowest BCUT2D eigenvalue weighted by molar-refractivity contribution is 0.186. The van der Waals surface area contributed by atoms with Crippen LogP contribution in [0.5, 0.6) is 0 Å². The van der Waals surface area contributed by atoms with Crippen molar-refractivity contribution in [3.8, 4) is 0 Å². The molecule has 0 aromatic heterocycles. The van der Waals surface area contributed by atoms with Crippen molar-refractivity contribution in [2.75, 3.05) is 13.1 Å². The smallest absolute Gasteiger partial charge is 0.0640 e. The van der Waals surface area contributed by atoms with Crippen molar-refractivity contribution < 1.29 is 0 Å². The second-order valence-corrected chi connectivity index (χ2v) is 6.07. The van der Waals surface area contributed by atoms with Gasteiger partial charge < -0.3 is 5.73 Å². The fraction of sp³-hybridized carbons (Fsp3) is 0.600. The summed E-state index contributed by atoms with van der Waals surface area (Å²) < 4.78 is 0. The highest BCUT2D eigenvalue weighted by Crippen LogP contribution is 2.36. The van der Waals surface area contributed by atoms with Gasteiger partial charge in [-0.25, -0.2) is 0 Å². The molecule has 0 radical (unpaired) electrons. The van der Waals surface area contributed by atoms with Crippen LogP contribution in [0.15, 0.2) is 18.2 Å². The molecular formula is C15H22Cl2N2. The van der Waals surface area contributed by atoms with E-state index in [0.29, 0.717) is 10.0 Å². The number of nitrogens with two attached hydrogens (primary N) is 1. The van der Waals surface area contributed by atoms with E-state index in [1.807, 2.05) is 12.1 Å². The summed E-state index contributed by atoms with van der Waals surface area (Å²) in [5, 5.41) is 1.28. The number of rotatable bonds is 3. The second kappa shape index (κ2) is 6.94. The largest absolute Gasteiger partial charge is 0.326 e. The van der Waals surface area contributed by atoms with Gasteiger partial charge in [0.1, 0.15) is 0 Å². The molecule has 4 heteroatoms. The molecule has 0 amide bonds. The van der Waals surface area contributed by atoms with Gasteiger partial charge in [-0.15, -0.1) is 0 Å². The molecular weight excluding hydrogens is 279 g/mol. The Morgan fingerprint density at radius 1 is 1.32 bits per heavy atom. The molecule has 1 aliphatic rings. The highest BCUT2D eigenvalue weighted by Gasteiger charge is 2.30. The minimum Gasteiger partial charge on any atom is -0.326 e. The maximum Gasteiger partial charge on any atom is 0.0640 e. The van der Waals surface area contributed by atoms with E-state index in [-0.39, 0.29) is 12.1 Å².